The van der Waals surface area contributed by atoms with E-state index in [4.69, 9.17) is 9.47 Å². The maximum Gasteiger partial charge on any atom is 0.416 e. The van der Waals surface area contributed by atoms with Gasteiger partial charge in [0.1, 0.15) is 18.1 Å². The van der Waals surface area contributed by atoms with Gasteiger partial charge in [-0.3, -0.25) is 4.79 Å². The van der Waals surface area contributed by atoms with E-state index in [2.05, 4.69) is 10.1 Å². The molecule has 33 heavy (non-hydrogen) atoms. The van der Waals surface area contributed by atoms with Crippen LogP contribution in [0.15, 0.2) is 66.9 Å². The number of aromatic nitrogens is 3. The number of methoxy groups -OCH3 is 1. The molecule has 0 bridgehead atoms. The highest BCUT2D eigenvalue weighted by molar-refractivity contribution is 5.81. The van der Waals surface area contributed by atoms with Crippen LogP contribution in [0.1, 0.15) is 29.8 Å². The minimum atomic E-state index is -4.44. The van der Waals surface area contributed by atoms with E-state index in [-0.39, 0.29) is 6.61 Å². The third-order valence-corrected chi connectivity index (χ3v) is 5.24. The van der Waals surface area contributed by atoms with E-state index in [1.165, 1.54) is 30.0 Å². The number of carbonyl (C=O) groups excluding carboxylic acids is 1. The number of carbonyl (C=O) groups is 1. The van der Waals surface area contributed by atoms with Crippen LogP contribution >= 0.6 is 0 Å². The highest BCUT2D eigenvalue weighted by Gasteiger charge is 2.30. The van der Waals surface area contributed by atoms with E-state index in [9.17, 15) is 18.0 Å². The predicted molar refractivity (Wildman–Crippen MR) is 115 cm³/mol. The minimum Gasteiger partial charge on any atom is -0.487 e. The molecule has 4 rings (SSSR count). The van der Waals surface area contributed by atoms with E-state index in [1.54, 1.807) is 25.1 Å². The number of benzene rings is 2. The quantitative estimate of drug-likeness (QED) is 0.371. The zero-order valence-corrected chi connectivity index (χ0v) is 17.8. The molecule has 0 fully saturated rings. The lowest BCUT2D eigenvalue weighted by molar-refractivity contribution is -0.142. The molecule has 0 amide bonds. The second-order valence-electron chi connectivity index (χ2n) is 7.35. The molecule has 1 atom stereocenters. The van der Waals surface area contributed by atoms with Crippen LogP contribution in [0.25, 0.3) is 16.8 Å². The van der Waals surface area contributed by atoms with Crippen LogP contribution in [0, 0.1) is 0 Å². The van der Waals surface area contributed by atoms with Crippen LogP contribution in [0.2, 0.25) is 0 Å². The lowest BCUT2D eigenvalue weighted by Gasteiger charge is -2.11. The number of hydrogen-bond acceptors (Lipinski definition) is 5. The summed E-state index contributed by atoms with van der Waals surface area (Å²) in [7, 11) is 1.30. The molecule has 0 aliphatic carbocycles. The molecule has 0 radical (unpaired) electrons. The van der Waals surface area contributed by atoms with Gasteiger partial charge in [0.25, 0.3) is 0 Å². The van der Waals surface area contributed by atoms with Gasteiger partial charge < -0.3 is 9.47 Å². The van der Waals surface area contributed by atoms with Crippen molar-refractivity contribution in [1.29, 1.82) is 0 Å². The molecule has 170 valence electrons. The van der Waals surface area contributed by atoms with E-state index in [0.29, 0.717) is 33.9 Å². The molecule has 2 aromatic heterocycles. The molecule has 0 saturated carbocycles. The monoisotopic (exact) mass is 455 g/mol. The van der Waals surface area contributed by atoms with Gasteiger partial charge in [0.15, 0.2) is 5.65 Å². The molecular weight excluding hydrogens is 435 g/mol. The van der Waals surface area contributed by atoms with Crippen molar-refractivity contribution < 1.29 is 27.4 Å². The van der Waals surface area contributed by atoms with Crippen LogP contribution in [-0.4, -0.2) is 27.7 Å². The summed E-state index contributed by atoms with van der Waals surface area (Å²) in [4.78, 5) is 16.5. The van der Waals surface area contributed by atoms with Crippen LogP contribution in [0.5, 0.6) is 5.75 Å². The van der Waals surface area contributed by atoms with Gasteiger partial charge in [-0.05, 0) is 42.8 Å². The number of halogens is 3. The Kier molecular flexibility index (Phi) is 6.04. The molecule has 1 unspecified atom stereocenters. The fourth-order valence-corrected chi connectivity index (χ4v) is 3.52. The standard InChI is InChI=1S/C24H20F3N3O3/c1-15(23(31)32-2)20-12-13-28-22-21(16-8-10-17(11-9-16)24(25,26)27)19(29-30(20)22)14-33-18-6-4-3-5-7-18/h3-13,15H,14H2,1-2H3. The molecular formula is C24H20F3N3O3. The van der Waals surface area contributed by atoms with Crippen LogP contribution in [-0.2, 0) is 22.3 Å². The molecule has 2 aromatic carbocycles. The van der Waals surface area contributed by atoms with Gasteiger partial charge in [-0.1, -0.05) is 30.3 Å². The number of rotatable bonds is 6. The Morgan fingerprint density at radius 1 is 1.06 bits per heavy atom. The largest absolute Gasteiger partial charge is 0.487 e. The Bertz CT molecular complexity index is 1270. The number of hydrogen-bond donors (Lipinski definition) is 0. The Labute approximate surface area is 187 Å². The first-order valence-corrected chi connectivity index (χ1v) is 10.1. The van der Waals surface area contributed by atoms with Gasteiger partial charge in [0.05, 0.1) is 29.8 Å². The van der Waals surface area contributed by atoms with Gasteiger partial charge >= 0.3 is 12.1 Å². The summed E-state index contributed by atoms with van der Waals surface area (Å²) in [6, 6.07) is 15.5. The topological polar surface area (TPSA) is 65.7 Å². The average molecular weight is 455 g/mol. The fourth-order valence-electron chi connectivity index (χ4n) is 3.52. The van der Waals surface area contributed by atoms with Crippen molar-refractivity contribution in [2.24, 2.45) is 0 Å². The van der Waals surface area contributed by atoms with Crippen molar-refractivity contribution >= 4 is 11.6 Å². The van der Waals surface area contributed by atoms with Crippen LogP contribution < -0.4 is 4.74 Å². The summed E-state index contributed by atoms with van der Waals surface area (Å²) < 4.78 is 51.4. The maximum absolute atomic E-state index is 13.1. The van der Waals surface area contributed by atoms with Gasteiger partial charge in [-0.2, -0.15) is 18.3 Å². The molecule has 0 saturated heterocycles. The highest BCUT2D eigenvalue weighted by Crippen LogP contribution is 2.34. The SMILES string of the molecule is COC(=O)C(C)c1ccnc2c(-c3ccc(C(F)(F)F)cc3)c(COc3ccccc3)nn12. The maximum atomic E-state index is 13.1. The molecule has 0 aliphatic rings. The van der Waals surface area contributed by atoms with E-state index < -0.39 is 23.6 Å². The first kappa shape index (κ1) is 22.3. The van der Waals surface area contributed by atoms with Gasteiger partial charge in [-0.25, -0.2) is 9.50 Å². The van der Waals surface area contributed by atoms with Crippen molar-refractivity contribution in [1.82, 2.24) is 14.6 Å². The third-order valence-electron chi connectivity index (χ3n) is 5.24. The number of fused-ring (bicyclic) bond motifs is 1. The van der Waals surface area contributed by atoms with Crippen molar-refractivity contribution in [2.75, 3.05) is 7.11 Å². The summed E-state index contributed by atoms with van der Waals surface area (Å²) in [6.07, 6.45) is -2.92. The molecule has 9 heteroatoms. The van der Waals surface area contributed by atoms with Crippen molar-refractivity contribution in [3.05, 3.63) is 83.8 Å². The molecule has 2 heterocycles. The van der Waals surface area contributed by atoms with E-state index >= 15 is 0 Å². The Balaban J connectivity index is 1.84. The summed E-state index contributed by atoms with van der Waals surface area (Å²) >= 11 is 0. The third kappa shape index (κ3) is 4.52. The van der Waals surface area contributed by atoms with Crippen LogP contribution in [0.4, 0.5) is 13.2 Å². The van der Waals surface area contributed by atoms with E-state index in [1.807, 2.05) is 18.2 Å². The summed E-state index contributed by atoms with van der Waals surface area (Å²) in [5.74, 6) is -0.469. The zero-order chi connectivity index (χ0) is 23.6. The van der Waals surface area contributed by atoms with Crippen molar-refractivity contribution in [3.63, 3.8) is 0 Å². The second kappa shape index (κ2) is 8.93. The average Bonchev–Trinajstić information content (AvgIpc) is 3.20. The molecule has 0 spiro atoms. The van der Waals surface area contributed by atoms with Gasteiger partial charge in [-0.15, -0.1) is 0 Å². The fraction of sp³-hybridized carbons (Fsp3) is 0.208. The van der Waals surface area contributed by atoms with Crippen LogP contribution in [0.3, 0.4) is 0 Å². The number of alkyl halides is 3. The Hall–Kier alpha value is -3.88. The highest BCUT2D eigenvalue weighted by atomic mass is 19.4. The van der Waals surface area contributed by atoms with Crippen molar-refractivity contribution in [2.45, 2.75) is 25.6 Å². The van der Waals surface area contributed by atoms with Gasteiger partial charge in [0, 0.05) is 6.20 Å². The smallest absolute Gasteiger partial charge is 0.416 e. The van der Waals surface area contributed by atoms with E-state index in [0.717, 1.165) is 12.1 Å². The lowest BCUT2D eigenvalue weighted by Crippen LogP contribution is -2.15. The summed E-state index contributed by atoms with van der Waals surface area (Å²) in [5.41, 5.74) is 1.67. The minimum absolute atomic E-state index is 0.0514. The molecule has 6 nitrogen and oxygen atoms in total. The first-order chi connectivity index (χ1) is 15.8. The summed E-state index contributed by atoms with van der Waals surface area (Å²) in [5, 5.41) is 4.61. The zero-order valence-electron chi connectivity index (χ0n) is 17.8. The number of nitrogens with zero attached hydrogens (tertiary/aromatic N) is 3. The van der Waals surface area contributed by atoms with Gasteiger partial charge in [0.2, 0.25) is 0 Å². The number of ether oxygens (including phenoxy) is 2. The second-order valence-corrected chi connectivity index (χ2v) is 7.35. The predicted octanol–water partition coefficient (Wildman–Crippen LogP) is 5.27. The molecule has 4 aromatic rings. The number of para-hydroxylation sites is 1. The molecule has 0 aliphatic heterocycles. The van der Waals surface area contributed by atoms with Crippen molar-refractivity contribution in [3.8, 4) is 16.9 Å². The Morgan fingerprint density at radius 3 is 2.39 bits per heavy atom. The Morgan fingerprint density at radius 2 is 1.76 bits per heavy atom. The number of esters is 1. The summed E-state index contributed by atoms with van der Waals surface area (Å²) in [6.45, 7) is 1.73. The molecule has 0 N–H and O–H groups in total. The first-order valence-electron chi connectivity index (χ1n) is 10.1. The normalized spacial score (nSPS) is 12.5. The lowest BCUT2D eigenvalue weighted by atomic mass is 10.0.